The van der Waals surface area contributed by atoms with Crippen LogP contribution in [0.2, 0.25) is 0 Å². The van der Waals surface area contributed by atoms with Gasteiger partial charge >= 0.3 is 0 Å². The van der Waals surface area contributed by atoms with Crippen molar-refractivity contribution < 1.29 is 4.52 Å². The van der Waals surface area contributed by atoms with E-state index in [4.69, 9.17) is 10.3 Å². The van der Waals surface area contributed by atoms with E-state index in [-0.39, 0.29) is 0 Å². The highest BCUT2D eigenvalue weighted by Gasteiger charge is 2.30. The second-order valence-corrected chi connectivity index (χ2v) is 7.45. The highest BCUT2D eigenvalue weighted by atomic mass is 79.9. The average molecular weight is 350 g/mol. The smallest absolute Gasteiger partial charge is 0.260 e. The summed E-state index contributed by atoms with van der Waals surface area (Å²) in [6, 6.07) is 5.73. The molecule has 1 aromatic carbocycles. The van der Waals surface area contributed by atoms with Gasteiger partial charge in [0.2, 0.25) is 0 Å². The molecule has 2 N–H and O–H groups in total. The van der Waals surface area contributed by atoms with Gasteiger partial charge in [0.05, 0.1) is 11.3 Å². The summed E-state index contributed by atoms with van der Waals surface area (Å²) in [7, 11) is 0. The van der Waals surface area contributed by atoms with Gasteiger partial charge in [-0.25, -0.2) is 0 Å². The van der Waals surface area contributed by atoms with Crippen LogP contribution < -0.4 is 5.73 Å². The van der Waals surface area contributed by atoms with E-state index in [2.05, 4.69) is 39.9 Å². The summed E-state index contributed by atoms with van der Waals surface area (Å²) in [4.78, 5) is 4.58. The van der Waals surface area contributed by atoms with E-state index >= 15 is 0 Å². The minimum Gasteiger partial charge on any atom is -0.397 e. The Hall–Kier alpha value is -1.36. The molecule has 0 amide bonds. The number of rotatable bonds is 2. The van der Waals surface area contributed by atoms with Crippen LogP contribution in [0.3, 0.4) is 0 Å². The molecule has 1 saturated carbocycles. The van der Waals surface area contributed by atoms with Crippen molar-refractivity contribution in [2.24, 2.45) is 5.41 Å². The molecule has 1 aliphatic rings. The molecule has 0 aliphatic heterocycles. The number of hydrogen-bond acceptors (Lipinski definition) is 4. The first-order valence-corrected chi connectivity index (χ1v) is 8.13. The normalized spacial score (nSPS) is 18.8. The summed E-state index contributed by atoms with van der Waals surface area (Å²) in [5.41, 5.74) is 7.93. The maximum Gasteiger partial charge on any atom is 0.260 e. The fourth-order valence-electron chi connectivity index (χ4n) is 2.89. The average Bonchev–Trinajstić information content (AvgIpc) is 2.91. The number of benzene rings is 1. The Balaban J connectivity index is 1.82. The Morgan fingerprint density at radius 1 is 1.29 bits per heavy atom. The van der Waals surface area contributed by atoms with Gasteiger partial charge in [0.25, 0.3) is 5.89 Å². The van der Waals surface area contributed by atoms with Gasteiger partial charge in [-0.05, 0) is 59.2 Å². The number of aromatic nitrogens is 2. The molecule has 0 bridgehead atoms. The monoisotopic (exact) mass is 349 g/mol. The molecule has 0 spiro atoms. The van der Waals surface area contributed by atoms with E-state index in [0.29, 0.717) is 22.9 Å². The fraction of sp³-hybridized carbons (Fsp3) is 0.500. The molecule has 1 fully saturated rings. The third-order valence-corrected chi connectivity index (χ3v) is 5.12. The van der Waals surface area contributed by atoms with Crippen LogP contribution in [-0.2, 0) is 0 Å². The molecule has 4 nitrogen and oxygen atoms in total. The lowest BCUT2D eigenvalue weighted by atomic mass is 9.73. The van der Waals surface area contributed by atoms with E-state index in [0.717, 1.165) is 28.7 Å². The number of nitrogen functional groups attached to an aromatic ring is 1. The van der Waals surface area contributed by atoms with Gasteiger partial charge in [0.15, 0.2) is 5.82 Å². The zero-order valence-electron chi connectivity index (χ0n) is 12.4. The van der Waals surface area contributed by atoms with Crippen molar-refractivity contribution in [3.05, 3.63) is 28.5 Å². The number of para-hydroxylation sites is 1. The first-order chi connectivity index (χ1) is 9.96. The lowest BCUT2D eigenvalue weighted by Gasteiger charge is -2.32. The predicted molar refractivity (Wildman–Crippen MR) is 86.8 cm³/mol. The quantitative estimate of drug-likeness (QED) is 0.793. The minimum absolute atomic E-state index is 0.406. The third kappa shape index (κ3) is 2.98. The molecule has 0 atom stereocenters. The topological polar surface area (TPSA) is 64.9 Å². The second kappa shape index (κ2) is 5.44. The van der Waals surface area contributed by atoms with Crippen molar-refractivity contribution in [3.63, 3.8) is 0 Å². The van der Waals surface area contributed by atoms with Crippen LogP contribution >= 0.6 is 15.9 Å². The summed E-state index contributed by atoms with van der Waals surface area (Å²) in [5.74, 6) is 1.73. The molecule has 0 unspecified atom stereocenters. The zero-order chi connectivity index (χ0) is 15.0. The Bertz CT molecular complexity index is 641. The Morgan fingerprint density at radius 2 is 2.00 bits per heavy atom. The lowest BCUT2D eigenvalue weighted by molar-refractivity contribution is 0.218. The molecule has 2 aromatic rings. The van der Waals surface area contributed by atoms with E-state index in [9.17, 15) is 0 Å². The van der Waals surface area contributed by atoms with E-state index in [1.54, 1.807) is 0 Å². The van der Waals surface area contributed by atoms with Crippen molar-refractivity contribution in [1.29, 1.82) is 0 Å². The number of halogens is 1. The molecule has 0 radical (unpaired) electrons. The Kier molecular flexibility index (Phi) is 3.78. The Labute approximate surface area is 133 Å². The van der Waals surface area contributed by atoms with Gasteiger partial charge < -0.3 is 10.3 Å². The van der Waals surface area contributed by atoms with Gasteiger partial charge in [-0.3, -0.25) is 0 Å². The third-order valence-electron chi connectivity index (χ3n) is 4.43. The van der Waals surface area contributed by atoms with Crippen molar-refractivity contribution in [2.75, 3.05) is 5.73 Å². The molecule has 1 aliphatic carbocycles. The molecule has 5 heteroatoms. The van der Waals surface area contributed by atoms with Crippen LogP contribution in [0.25, 0.3) is 11.5 Å². The molecular weight excluding hydrogens is 330 g/mol. The molecule has 21 heavy (non-hydrogen) atoms. The summed E-state index contributed by atoms with van der Waals surface area (Å²) in [6.07, 6.45) is 4.67. The van der Waals surface area contributed by atoms with Crippen LogP contribution in [-0.4, -0.2) is 10.1 Å². The molecular formula is C16H20BrN3O. The van der Waals surface area contributed by atoms with Crippen LogP contribution in [0.4, 0.5) is 5.69 Å². The number of anilines is 1. The van der Waals surface area contributed by atoms with Crippen molar-refractivity contribution >= 4 is 21.6 Å². The number of nitrogens with two attached hydrogens (primary N) is 1. The summed E-state index contributed by atoms with van der Waals surface area (Å²) in [5, 5.41) is 4.18. The van der Waals surface area contributed by atoms with E-state index < -0.39 is 0 Å². The number of hydrogen-bond donors (Lipinski definition) is 1. The van der Waals surface area contributed by atoms with E-state index in [1.165, 1.54) is 12.8 Å². The van der Waals surface area contributed by atoms with Crippen LogP contribution in [0.15, 0.2) is 27.2 Å². The van der Waals surface area contributed by atoms with Crippen LogP contribution in [0.1, 0.15) is 51.3 Å². The van der Waals surface area contributed by atoms with Gasteiger partial charge in [-0.1, -0.05) is 25.1 Å². The predicted octanol–water partition coefficient (Wildman–Crippen LogP) is 4.77. The molecule has 112 valence electrons. The largest absolute Gasteiger partial charge is 0.397 e. The van der Waals surface area contributed by atoms with Crippen molar-refractivity contribution in [3.8, 4) is 11.5 Å². The highest BCUT2D eigenvalue weighted by molar-refractivity contribution is 9.10. The van der Waals surface area contributed by atoms with Crippen molar-refractivity contribution in [1.82, 2.24) is 10.1 Å². The SMILES string of the molecule is CC1(C)CCC(c2noc(-c3cccc(Br)c3N)n2)CC1. The van der Waals surface area contributed by atoms with Gasteiger partial charge in [-0.2, -0.15) is 4.98 Å². The zero-order valence-corrected chi connectivity index (χ0v) is 14.0. The van der Waals surface area contributed by atoms with Crippen molar-refractivity contribution in [2.45, 2.75) is 45.4 Å². The fourth-order valence-corrected chi connectivity index (χ4v) is 3.26. The van der Waals surface area contributed by atoms with Gasteiger partial charge in [-0.15, -0.1) is 0 Å². The van der Waals surface area contributed by atoms with Gasteiger partial charge in [0.1, 0.15) is 0 Å². The molecule has 0 saturated heterocycles. The minimum atomic E-state index is 0.406. The standard InChI is InChI=1S/C16H20BrN3O/c1-16(2)8-6-10(7-9-16)14-19-15(21-20-14)11-4-3-5-12(17)13(11)18/h3-5,10H,6-9,18H2,1-2H3. The van der Waals surface area contributed by atoms with Crippen LogP contribution in [0.5, 0.6) is 0 Å². The maximum atomic E-state index is 6.06. The highest BCUT2D eigenvalue weighted by Crippen LogP contribution is 2.42. The molecule has 3 rings (SSSR count). The summed E-state index contributed by atoms with van der Waals surface area (Å²) in [6.45, 7) is 4.65. The second-order valence-electron chi connectivity index (χ2n) is 6.60. The molecule has 1 heterocycles. The first-order valence-electron chi connectivity index (χ1n) is 7.34. The van der Waals surface area contributed by atoms with Crippen LogP contribution in [0, 0.1) is 5.41 Å². The summed E-state index contributed by atoms with van der Waals surface area (Å²) < 4.78 is 6.28. The molecule has 1 aromatic heterocycles. The Morgan fingerprint density at radius 3 is 2.71 bits per heavy atom. The van der Waals surface area contributed by atoms with E-state index in [1.807, 2.05) is 18.2 Å². The first kappa shape index (κ1) is 14.6. The lowest BCUT2D eigenvalue weighted by Crippen LogP contribution is -2.20. The number of nitrogens with zero attached hydrogens (tertiary/aromatic N) is 2. The van der Waals surface area contributed by atoms with Gasteiger partial charge in [0, 0.05) is 10.4 Å². The maximum absolute atomic E-state index is 6.06. The summed E-state index contributed by atoms with van der Waals surface area (Å²) >= 11 is 3.42.